The van der Waals surface area contributed by atoms with Gasteiger partial charge < -0.3 is 9.67 Å². The number of aromatic nitrogens is 1. The topological polar surface area (TPSA) is 59.3 Å². The number of carboxylic acid groups (broad SMARTS) is 1. The van der Waals surface area contributed by atoms with Crippen LogP contribution in [0.25, 0.3) is 10.9 Å². The second-order valence-electron chi connectivity index (χ2n) is 4.11. The number of carboxylic acids is 1. The van der Waals surface area contributed by atoms with Gasteiger partial charge in [-0.3, -0.25) is 9.59 Å². The normalized spacial score (nSPS) is 10.8. The highest BCUT2D eigenvalue weighted by atomic mass is 19.1. The molecule has 1 N–H and O–H groups in total. The summed E-state index contributed by atoms with van der Waals surface area (Å²) in [6, 6.07) is 4.52. The van der Waals surface area contributed by atoms with Crippen LogP contribution < -0.4 is 0 Å². The molecule has 0 aliphatic rings. The van der Waals surface area contributed by atoms with Gasteiger partial charge in [-0.05, 0) is 6.07 Å². The van der Waals surface area contributed by atoms with E-state index in [1.54, 1.807) is 17.7 Å². The fraction of sp³-hybridized carbons (Fsp3) is 0.231. The number of hydrogen-bond donors (Lipinski definition) is 1. The maximum atomic E-state index is 13.6. The summed E-state index contributed by atoms with van der Waals surface area (Å²) in [7, 11) is 1.65. The van der Waals surface area contributed by atoms with Gasteiger partial charge in [-0.15, -0.1) is 0 Å². The van der Waals surface area contributed by atoms with E-state index < -0.39 is 11.8 Å². The minimum absolute atomic E-state index is 0.0784. The Morgan fingerprint density at radius 2 is 2.06 bits per heavy atom. The highest BCUT2D eigenvalue weighted by molar-refractivity contribution is 6.08. The van der Waals surface area contributed by atoms with Gasteiger partial charge in [0.1, 0.15) is 5.82 Å². The van der Waals surface area contributed by atoms with Gasteiger partial charge in [-0.25, -0.2) is 4.39 Å². The minimum atomic E-state index is -1.02. The molecule has 0 aliphatic heterocycles. The molecule has 0 bridgehead atoms. The van der Waals surface area contributed by atoms with Crippen molar-refractivity contribution < 1.29 is 19.1 Å². The maximum absolute atomic E-state index is 13.6. The summed E-state index contributed by atoms with van der Waals surface area (Å²) >= 11 is 0. The largest absolute Gasteiger partial charge is 0.481 e. The van der Waals surface area contributed by atoms with Crippen molar-refractivity contribution in [1.29, 1.82) is 0 Å². The standard InChI is InChI=1S/C13H12FNO3/c1-15-7-9(11(16)5-6-12(17)18)8-3-2-4-10(14)13(8)15/h2-4,7H,5-6H2,1H3,(H,17,18). The average molecular weight is 249 g/mol. The van der Waals surface area contributed by atoms with E-state index in [9.17, 15) is 14.0 Å². The number of Topliss-reactive ketones (excluding diaryl/α,β-unsaturated/α-hetero) is 1. The molecule has 0 radical (unpaired) electrons. The first kappa shape index (κ1) is 12.3. The van der Waals surface area contributed by atoms with Gasteiger partial charge in [0, 0.05) is 30.6 Å². The highest BCUT2D eigenvalue weighted by Crippen LogP contribution is 2.24. The van der Waals surface area contributed by atoms with Crippen LogP contribution in [0.5, 0.6) is 0 Å². The van der Waals surface area contributed by atoms with Crippen LogP contribution in [0.3, 0.4) is 0 Å². The Labute approximate surface area is 103 Å². The minimum Gasteiger partial charge on any atom is -0.481 e. The Balaban J connectivity index is 2.43. The predicted molar refractivity (Wildman–Crippen MR) is 64.1 cm³/mol. The van der Waals surface area contributed by atoms with Crippen LogP contribution in [0.1, 0.15) is 23.2 Å². The lowest BCUT2D eigenvalue weighted by Gasteiger charge is -1.98. The third-order valence-corrected chi connectivity index (χ3v) is 2.82. The highest BCUT2D eigenvalue weighted by Gasteiger charge is 2.16. The quantitative estimate of drug-likeness (QED) is 0.846. The maximum Gasteiger partial charge on any atom is 0.303 e. The Kier molecular flexibility index (Phi) is 3.14. The number of aliphatic carboxylic acids is 1. The Morgan fingerprint density at radius 1 is 1.33 bits per heavy atom. The lowest BCUT2D eigenvalue weighted by Crippen LogP contribution is -2.03. The number of halogens is 1. The number of hydrogen-bond acceptors (Lipinski definition) is 2. The molecule has 0 spiro atoms. The second kappa shape index (κ2) is 4.60. The van der Waals surface area contributed by atoms with Crippen molar-refractivity contribution in [3.05, 3.63) is 35.8 Å². The molecule has 0 saturated carbocycles. The molecular formula is C13H12FNO3. The van der Waals surface area contributed by atoms with Gasteiger partial charge >= 0.3 is 5.97 Å². The van der Waals surface area contributed by atoms with Crippen molar-refractivity contribution >= 4 is 22.7 Å². The SMILES string of the molecule is Cn1cc(C(=O)CCC(=O)O)c2cccc(F)c21. The predicted octanol–water partition coefficient (Wildman–Crippen LogP) is 2.36. The summed E-state index contributed by atoms with van der Waals surface area (Å²) in [6.45, 7) is 0. The van der Waals surface area contributed by atoms with E-state index in [0.29, 0.717) is 16.5 Å². The number of para-hydroxylation sites is 1. The van der Waals surface area contributed by atoms with Crippen molar-refractivity contribution in [2.24, 2.45) is 7.05 Å². The number of benzene rings is 1. The molecule has 94 valence electrons. The van der Waals surface area contributed by atoms with Crippen LogP contribution in [-0.4, -0.2) is 21.4 Å². The Morgan fingerprint density at radius 3 is 2.72 bits per heavy atom. The van der Waals surface area contributed by atoms with Crippen LogP contribution in [0.15, 0.2) is 24.4 Å². The van der Waals surface area contributed by atoms with Gasteiger partial charge in [0.25, 0.3) is 0 Å². The molecule has 1 aromatic heterocycles. The molecule has 0 unspecified atom stereocenters. The number of aryl methyl sites for hydroxylation is 1. The number of rotatable bonds is 4. The molecule has 0 fully saturated rings. The first-order chi connectivity index (χ1) is 8.50. The third kappa shape index (κ3) is 2.11. The molecule has 4 nitrogen and oxygen atoms in total. The van der Waals surface area contributed by atoms with Crippen LogP contribution in [0, 0.1) is 5.82 Å². The number of ketones is 1. The van der Waals surface area contributed by atoms with E-state index in [1.165, 1.54) is 18.3 Å². The van der Waals surface area contributed by atoms with Gasteiger partial charge in [0.15, 0.2) is 5.78 Å². The average Bonchev–Trinajstić information content (AvgIpc) is 2.65. The molecule has 1 aromatic carbocycles. The molecule has 0 saturated heterocycles. The number of carbonyl (C=O) groups excluding carboxylic acids is 1. The van der Waals surface area contributed by atoms with Crippen molar-refractivity contribution in [2.45, 2.75) is 12.8 Å². The van der Waals surface area contributed by atoms with Crippen molar-refractivity contribution in [2.75, 3.05) is 0 Å². The molecule has 0 amide bonds. The van der Waals surface area contributed by atoms with E-state index in [-0.39, 0.29) is 18.6 Å². The summed E-state index contributed by atoms with van der Waals surface area (Å²) in [5, 5.41) is 9.08. The van der Waals surface area contributed by atoms with E-state index in [4.69, 9.17) is 5.11 Å². The fourth-order valence-corrected chi connectivity index (χ4v) is 2.00. The number of fused-ring (bicyclic) bond motifs is 1. The second-order valence-corrected chi connectivity index (χ2v) is 4.11. The van der Waals surface area contributed by atoms with E-state index in [1.807, 2.05) is 0 Å². The lowest BCUT2D eigenvalue weighted by molar-refractivity contribution is -0.136. The zero-order chi connectivity index (χ0) is 13.3. The van der Waals surface area contributed by atoms with Crippen molar-refractivity contribution in [3.63, 3.8) is 0 Å². The van der Waals surface area contributed by atoms with Crippen molar-refractivity contribution in [1.82, 2.24) is 4.57 Å². The molecular weight excluding hydrogens is 237 g/mol. The zero-order valence-electron chi connectivity index (χ0n) is 9.81. The zero-order valence-corrected chi connectivity index (χ0v) is 9.81. The van der Waals surface area contributed by atoms with Gasteiger partial charge in [0.05, 0.1) is 11.9 Å². The first-order valence-electron chi connectivity index (χ1n) is 5.49. The molecule has 1 heterocycles. The van der Waals surface area contributed by atoms with Gasteiger partial charge in [-0.2, -0.15) is 0 Å². The molecule has 0 atom stereocenters. The molecule has 2 aromatic rings. The summed E-state index contributed by atoms with van der Waals surface area (Å²) < 4.78 is 15.2. The Hall–Kier alpha value is -2.17. The monoisotopic (exact) mass is 249 g/mol. The van der Waals surface area contributed by atoms with E-state index >= 15 is 0 Å². The van der Waals surface area contributed by atoms with Crippen LogP contribution in [-0.2, 0) is 11.8 Å². The summed E-state index contributed by atoms with van der Waals surface area (Å²) in [4.78, 5) is 22.3. The van der Waals surface area contributed by atoms with Gasteiger partial charge in [-0.1, -0.05) is 12.1 Å². The number of nitrogens with zero attached hydrogens (tertiary/aromatic N) is 1. The van der Waals surface area contributed by atoms with E-state index in [0.717, 1.165) is 0 Å². The smallest absolute Gasteiger partial charge is 0.303 e. The van der Waals surface area contributed by atoms with E-state index in [2.05, 4.69) is 0 Å². The Bertz CT molecular complexity index is 630. The van der Waals surface area contributed by atoms with Crippen molar-refractivity contribution in [3.8, 4) is 0 Å². The summed E-state index contributed by atoms with van der Waals surface area (Å²) in [6.07, 6.45) is 1.24. The van der Waals surface area contributed by atoms with Crippen LogP contribution in [0.4, 0.5) is 4.39 Å². The first-order valence-corrected chi connectivity index (χ1v) is 5.49. The molecule has 0 aliphatic carbocycles. The van der Waals surface area contributed by atoms with Gasteiger partial charge in [0.2, 0.25) is 0 Å². The van der Waals surface area contributed by atoms with Crippen LogP contribution >= 0.6 is 0 Å². The summed E-state index contributed by atoms with van der Waals surface area (Å²) in [5.41, 5.74) is 0.726. The van der Waals surface area contributed by atoms with Crippen LogP contribution in [0.2, 0.25) is 0 Å². The molecule has 5 heteroatoms. The molecule has 2 rings (SSSR count). The fourth-order valence-electron chi connectivity index (χ4n) is 2.00. The number of carbonyl (C=O) groups is 2. The molecule has 18 heavy (non-hydrogen) atoms. The third-order valence-electron chi connectivity index (χ3n) is 2.82. The lowest BCUT2D eigenvalue weighted by atomic mass is 10.1. The summed E-state index contributed by atoms with van der Waals surface area (Å²) in [5.74, 6) is -1.70.